The van der Waals surface area contributed by atoms with Gasteiger partial charge in [0.1, 0.15) is 11.3 Å². The van der Waals surface area contributed by atoms with Gasteiger partial charge in [-0.25, -0.2) is 4.79 Å². The number of methoxy groups -OCH3 is 1. The van der Waals surface area contributed by atoms with Crippen molar-refractivity contribution in [2.24, 2.45) is 5.73 Å². The van der Waals surface area contributed by atoms with E-state index in [0.29, 0.717) is 13.2 Å². The van der Waals surface area contributed by atoms with E-state index in [1.807, 2.05) is 31.2 Å². The zero-order valence-electron chi connectivity index (χ0n) is 11.7. The molecule has 2 rings (SSSR count). The third-order valence-electron chi connectivity index (χ3n) is 3.82. The first-order chi connectivity index (χ1) is 9.49. The number of carboxylic acid groups (broad SMARTS) is 1. The lowest BCUT2D eigenvalue weighted by Crippen LogP contribution is -2.71. The molecule has 0 spiro atoms. The SMILES string of the molecule is COc1ccc(CN(C(=O)O)C2(C(C)N)COC2)cc1. The smallest absolute Gasteiger partial charge is 0.408 e. The Labute approximate surface area is 118 Å². The molecule has 1 aromatic rings. The van der Waals surface area contributed by atoms with Crippen LogP contribution in [0.3, 0.4) is 0 Å². The Morgan fingerprint density at radius 1 is 1.50 bits per heavy atom. The van der Waals surface area contributed by atoms with Gasteiger partial charge in [-0.3, -0.25) is 4.90 Å². The second kappa shape index (κ2) is 5.68. The molecule has 0 radical (unpaired) electrons. The highest BCUT2D eigenvalue weighted by atomic mass is 16.5. The molecule has 0 aromatic heterocycles. The molecule has 1 aliphatic rings. The molecule has 3 N–H and O–H groups in total. The summed E-state index contributed by atoms with van der Waals surface area (Å²) in [6, 6.07) is 7.04. The maximum absolute atomic E-state index is 11.6. The molecule has 1 atom stereocenters. The minimum atomic E-state index is -0.985. The highest BCUT2D eigenvalue weighted by Crippen LogP contribution is 2.30. The lowest BCUT2D eigenvalue weighted by atomic mass is 9.87. The summed E-state index contributed by atoms with van der Waals surface area (Å²) in [5.74, 6) is 0.740. The monoisotopic (exact) mass is 280 g/mol. The van der Waals surface area contributed by atoms with Crippen molar-refractivity contribution in [1.29, 1.82) is 0 Å². The van der Waals surface area contributed by atoms with Crippen molar-refractivity contribution in [2.45, 2.75) is 25.0 Å². The van der Waals surface area contributed by atoms with E-state index in [2.05, 4.69) is 0 Å². The van der Waals surface area contributed by atoms with Gasteiger partial charge in [0.15, 0.2) is 0 Å². The summed E-state index contributed by atoms with van der Waals surface area (Å²) in [4.78, 5) is 12.9. The van der Waals surface area contributed by atoms with E-state index in [9.17, 15) is 9.90 Å². The fourth-order valence-corrected chi connectivity index (χ4v) is 2.30. The van der Waals surface area contributed by atoms with Gasteiger partial charge in [0.05, 0.1) is 20.3 Å². The summed E-state index contributed by atoms with van der Waals surface area (Å²) >= 11 is 0. The first kappa shape index (κ1) is 14.6. The highest BCUT2D eigenvalue weighted by molar-refractivity contribution is 5.67. The average molecular weight is 280 g/mol. The Balaban J connectivity index is 2.19. The lowest BCUT2D eigenvalue weighted by molar-refractivity contribution is -0.141. The van der Waals surface area contributed by atoms with E-state index in [4.69, 9.17) is 15.2 Å². The standard InChI is InChI=1S/C14H20N2O4/c1-10(15)14(8-20-9-14)16(13(17)18)7-11-3-5-12(19-2)6-4-11/h3-6,10H,7-9,15H2,1-2H3,(H,17,18). The van der Waals surface area contributed by atoms with Gasteiger partial charge in [0.2, 0.25) is 0 Å². The fraction of sp³-hybridized carbons (Fsp3) is 0.500. The van der Waals surface area contributed by atoms with Crippen molar-refractivity contribution in [2.75, 3.05) is 20.3 Å². The molecule has 6 nitrogen and oxygen atoms in total. The molecular formula is C14H20N2O4. The van der Waals surface area contributed by atoms with Gasteiger partial charge in [-0.05, 0) is 24.6 Å². The second-order valence-electron chi connectivity index (χ2n) is 5.10. The molecule has 1 aromatic carbocycles. The van der Waals surface area contributed by atoms with E-state index in [1.165, 1.54) is 4.90 Å². The van der Waals surface area contributed by atoms with Crippen LogP contribution in [-0.4, -0.2) is 48.0 Å². The van der Waals surface area contributed by atoms with Gasteiger partial charge >= 0.3 is 6.09 Å². The molecule has 0 bridgehead atoms. The van der Waals surface area contributed by atoms with Crippen LogP contribution in [-0.2, 0) is 11.3 Å². The zero-order valence-corrected chi connectivity index (χ0v) is 11.7. The van der Waals surface area contributed by atoms with Gasteiger partial charge in [-0.2, -0.15) is 0 Å². The lowest BCUT2D eigenvalue weighted by Gasteiger charge is -2.50. The van der Waals surface area contributed by atoms with Crippen LogP contribution in [0.5, 0.6) is 5.75 Å². The molecule has 1 fully saturated rings. The third kappa shape index (κ3) is 2.57. The number of nitrogens with two attached hydrogens (primary N) is 1. The summed E-state index contributed by atoms with van der Waals surface area (Å²) in [5, 5.41) is 9.47. The van der Waals surface area contributed by atoms with Gasteiger partial charge in [0.25, 0.3) is 0 Å². The molecule has 0 saturated carbocycles. The Hall–Kier alpha value is -1.79. The predicted molar refractivity (Wildman–Crippen MR) is 73.8 cm³/mol. The van der Waals surface area contributed by atoms with Crippen LogP contribution < -0.4 is 10.5 Å². The Morgan fingerprint density at radius 3 is 2.45 bits per heavy atom. The van der Waals surface area contributed by atoms with E-state index in [-0.39, 0.29) is 12.6 Å². The number of hydrogen-bond acceptors (Lipinski definition) is 4. The number of nitrogens with zero attached hydrogens (tertiary/aromatic N) is 1. The quantitative estimate of drug-likeness (QED) is 0.849. The maximum Gasteiger partial charge on any atom is 0.408 e. The molecule has 110 valence electrons. The molecular weight excluding hydrogens is 260 g/mol. The predicted octanol–water partition coefficient (Wildman–Crippen LogP) is 1.29. The van der Waals surface area contributed by atoms with Gasteiger partial charge in [-0.15, -0.1) is 0 Å². The molecule has 0 aliphatic carbocycles. The molecule has 1 amide bonds. The molecule has 1 aliphatic heterocycles. The fourth-order valence-electron chi connectivity index (χ4n) is 2.30. The Bertz CT molecular complexity index is 469. The number of ether oxygens (including phenoxy) is 2. The van der Waals surface area contributed by atoms with Crippen LogP contribution in [0.15, 0.2) is 24.3 Å². The summed E-state index contributed by atoms with van der Waals surface area (Å²) < 4.78 is 10.3. The number of benzene rings is 1. The number of rotatable bonds is 5. The van der Waals surface area contributed by atoms with Crippen molar-refractivity contribution in [3.63, 3.8) is 0 Å². The normalized spacial score (nSPS) is 17.9. The van der Waals surface area contributed by atoms with Crippen molar-refractivity contribution < 1.29 is 19.4 Å². The van der Waals surface area contributed by atoms with Crippen LogP contribution in [0.4, 0.5) is 4.79 Å². The number of amides is 1. The molecule has 1 unspecified atom stereocenters. The summed E-state index contributed by atoms with van der Waals surface area (Å²) in [6.07, 6.45) is -0.985. The minimum absolute atomic E-state index is 0.282. The molecule has 1 heterocycles. The molecule has 20 heavy (non-hydrogen) atoms. The van der Waals surface area contributed by atoms with Crippen LogP contribution >= 0.6 is 0 Å². The van der Waals surface area contributed by atoms with Gasteiger partial charge in [0, 0.05) is 12.6 Å². The van der Waals surface area contributed by atoms with Crippen molar-refractivity contribution >= 4 is 6.09 Å². The largest absolute Gasteiger partial charge is 0.497 e. The van der Waals surface area contributed by atoms with Crippen LogP contribution in [0.1, 0.15) is 12.5 Å². The van der Waals surface area contributed by atoms with Gasteiger partial charge in [-0.1, -0.05) is 12.1 Å². The molecule has 1 saturated heterocycles. The first-order valence-corrected chi connectivity index (χ1v) is 6.46. The first-order valence-electron chi connectivity index (χ1n) is 6.46. The summed E-state index contributed by atoms with van der Waals surface area (Å²) in [5.41, 5.74) is 6.22. The maximum atomic E-state index is 11.6. The van der Waals surface area contributed by atoms with Crippen molar-refractivity contribution in [3.8, 4) is 5.75 Å². The highest BCUT2D eigenvalue weighted by Gasteiger charge is 2.49. The van der Waals surface area contributed by atoms with E-state index < -0.39 is 11.6 Å². The Morgan fingerprint density at radius 2 is 2.10 bits per heavy atom. The van der Waals surface area contributed by atoms with E-state index in [1.54, 1.807) is 7.11 Å². The Kier molecular flexibility index (Phi) is 4.15. The van der Waals surface area contributed by atoms with Crippen molar-refractivity contribution in [3.05, 3.63) is 29.8 Å². The van der Waals surface area contributed by atoms with E-state index in [0.717, 1.165) is 11.3 Å². The average Bonchev–Trinajstić information content (AvgIpc) is 2.36. The van der Waals surface area contributed by atoms with Crippen LogP contribution in [0.2, 0.25) is 0 Å². The topological polar surface area (TPSA) is 85.0 Å². The van der Waals surface area contributed by atoms with Crippen LogP contribution in [0.25, 0.3) is 0 Å². The minimum Gasteiger partial charge on any atom is -0.497 e. The summed E-state index contributed by atoms with van der Waals surface area (Å²) in [7, 11) is 1.59. The number of carbonyl (C=O) groups is 1. The van der Waals surface area contributed by atoms with Crippen LogP contribution in [0, 0.1) is 0 Å². The number of hydrogen-bond donors (Lipinski definition) is 2. The van der Waals surface area contributed by atoms with Gasteiger partial charge < -0.3 is 20.3 Å². The zero-order chi connectivity index (χ0) is 14.8. The molecule has 6 heteroatoms. The van der Waals surface area contributed by atoms with E-state index >= 15 is 0 Å². The second-order valence-corrected chi connectivity index (χ2v) is 5.10. The van der Waals surface area contributed by atoms with Crippen molar-refractivity contribution in [1.82, 2.24) is 4.90 Å². The third-order valence-corrected chi connectivity index (χ3v) is 3.82. The summed E-state index contributed by atoms with van der Waals surface area (Å²) in [6.45, 7) is 2.77.